The molecule has 0 aliphatic heterocycles. The second-order valence-corrected chi connectivity index (χ2v) is 10.1. The second-order valence-electron chi connectivity index (χ2n) is 9.07. The molecule has 3 aromatic rings. The number of hydrogen-bond donors (Lipinski definition) is 1. The average molecular weight is 561 g/mol. The molecule has 0 spiro atoms. The first kappa shape index (κ1) is 29.5. The number of carbonyl (C=O) groups is 2. The maximum absolute atomic E-state index is 14.3. The number of fused-ring (bicyclic) bond motifs is 1. The summed E-state index contributed by atoms with van der Waals surface area (Å²) in [5.74, 6) is -1.93. The summed E-state index contributed by atoms with van der Waals surface area (Å²) in [5.41, 5.74) is 2.65. The molecule has 1 aromatic carbocycles. The molecule has 39 heavy (non-hydrogen) atoms. The molecule has 11 nitrogen and oxygen atoms in total. The van der Waals surface area contributed by atoms with E-state index in [9.17, 15) is 23.6 Å². The van der Waals surface area contributed by atoms with Crippen molar-refractivity contribution in [3.63, 3.8) is 0 Å². The quantitative estimate of drug-likeness (QED) is 0.277. The number of hydrogen-bond acceptors (Lipinski definition) is 9. The second kappa shape index (κ2) is 11.8. The van der Waals surface area contributed by atoms with E-state index in [4.69, 9.17) is 25.2 Å². The van der Waals surface area contributed by atoms with Crippen molar-refractivity contribution in [2.24, 2.45) is 5.73 Å². The number of carbonyl (C=O) groups excluding carboxylic acids is 2. The topological polar surface area (TPSA) is 156 Å². The molecule has 0 fully saturated rings. The van der Waals surface area contributed by atoms with Crippen LogP contribution in [0.25, 0.3) is 10.2 Å². The minimum Gasteiger partial charge on any atom is -0.496 e. The standard InChI is InChI=1S/C26H29FN4O7S/c1-6-37-23(33)20-14(2)19-21(32)31(26(3,4)24(29)34)25(35)30(22(19)39-20)13-18(38-11-7-10-28)16-12-15(27)8-9-17(16)36-5/h8-9,12,18H,6-7,11,13H2,1-5H3,(H2,29,34)/t18-/m0/s1. The number of halogens is 1. The lowest BCUT2D eigenvalue weighted by atomic mass is 10.0. The zero-order chi connectivity index (χ0) is 29.1. The maximum Gasteiger partial charge on any atom is 0.348 e. The minimum absolute atomic E-state index is 0.0117. The van der Waals surface area contributed by atoms with E-state index in [2.05, 4.69) is 0 Å². The van der Waals surface area contributed by atoms with E-state index >= 15 is 0 Å². The van der Waals surface area contributed by atoms with Crippen LogP contribution < -0.4 is 21.7 Å². The number of benzene rings is 1. The van der Waals surface area contributed by atoms with Gasteiger partial charge in [-0.3, -0.25) is 14.2 Å². The van der Waals surface area contributed by atoms with E-state index in [-0.39, 0.29) is 58.1 Å². The molecular formula is C26H29FN4O7S. The summed E-state index contributed by atoms with van der Waals surface area (Å²) < 4.78 is 32.6. The molecule has 0 saturated carbocycles. The van der Waals surface area contributed by atoms with E-state index in [0.29, 0.717) is 0 Å². The van der Waals surface area contributed by atoms with E-state index in [0.717, 1.165) is 15.9 Å². The van der Waals surface area contributed by atoms with Gasteiger partial charge in [0.2, 0.25) is 5.91 Å². The lowest BCUT2D eigenvalue weighted by molar-refractivity contribution is -0.125. The summed E-state index contributed by atoms with van der Waals surface area (Å²) in [5, 5.41) is 9.04. The molecule has 13 heteroatoms. The van der Waals surface area contributed by atoms with Crippen LogP contribution in [0.3, 0.4) is 0 Å². The van der Waals surface area contributed by atoms with Gasteiger partial charge >= 0.3 is 11.7 Å². The fourth-order valence-corrected chi connectivity index (χ4v) is 5.31. The molecule has 2 N–H and O–H groups in total. The number of thiophene rings is 1. The van der Waals surface area contributed by atoms with Crippen molar-refractivity contribution >= 4 is 33.4 Å². The zero-order valence-electron chi connectivity index (χ0n) is 22.2. The van der Waals surface area contributed by atoms with Gasteiger partial charge in [-0.25, -0.2) is 18.5 Å². The third kappa shape index (κ3) is 5.57. The number of nitrogens with two attached hydrogens (primary N) is 1. The summed E-state index contributed by atoms with van der Waals surface area (Å²) in [6, 6.07) is 5.74. The number of esters is 1. The highest BCUT2D eigenvalue weighted by Crippen LogP contribution is 2.33. The van der Waals surface area contributed by atoms with Crippen LogP contribution in [0.4, 0.5) is 4.39 Å². The Labute approximate surface area is 227 Å². The molecule has 1 amide bonds. The van der Waals surface area contributed by atoms with E-state index in [1.165, 1.54) is 43.7 Å². The number of nitriles is 1. The molecule has 0 aliphatic carbocycles. The van der Waals surface area contributed by atoms with Crippen molar-refractivity contribution in [1.29, 1.82) is 5.26 Å². The molecule has 0 aliphatic rings. The van der Waals surface area contributed by atoms with Gasteiger partial charge in [0.1, 0.15) is 32.9 Å². The summed E-state index contributed by atoms with van der Waals surface area (Å²) >= 11 is 0.879. The van der Waals surface area contributed by atoms with E-state index in [1.807, 2.05) is 6.07 Å². The van der Waals surface area contributed by atoms with Gasteiger partial charge in [-0.1, -0.05) is 0 Å². The molecule has 0 unspecified atom stereocenters. The zero-order valence-corrected chi connectivity index (χ0v) is 23.0. The number of ether oxygens (including phenoxy) is 3. The molecule has 0 bridgehead atoms. The maximum atomic E-state index is 14.3. The Balaban J connectivity index is 2.39. The highest BCUT2D eigenvalue weighted by molar-refractivity contribution is 7.20. The number of amides is 1. The molecule has 0 radical (unpaired) electrons. The van der Waals surface area contributed by atoms with Crippen LogP contribution in [0.1, 0.15) is 54.1 Å². The number of primary amides is 1. The van der Waals surface area contributed by atoms with Crippen LogP contribution in [-0.2, 0) is 26.4 Å². The van der Waals surface area contributed by atoms with Crippen LogP contribution in [0.5, 0.6) is 5.75 Å². The van der Waals surface area contributed by atoms with Gasteiger partial charge in [0.15, 0.2) is 0 Å². The summed E-state index contributed by atoms with van der Waals surface area (Å²) in [7, 11) is 1.39. The van der Waals surface area contributed by atoms with Gasteiger partial charge in [-0.2, -0.15) is 5.26 Å². The Kier molecular flexibility index (Phi) is 8.93. The Bertz CT molecular complexity index is 1580. The highest BCUT2D eigenvalue weighted by Gasteiger charge is 2.35. The lowest BCUT2D eigenvalue weighted by Gasteiger charge is -2.26. The summed E-state index contributed by atoms with van der Waals surface area (Å²) in [6.07, 6.45) is -1.02. The van der Waals surface area contributed by atoms with Crippen molar-refractivity contribution in [1.82, 2.24) is 9.13 Å². The Morgan fingerprint density at radius 1 is 1.28 bits per heavy atom. The molecule has 208 valence electrons. The molecule has 0 saturated heterocycles. The predicted octanol–water partition coefficient (Wildman–Crippen LogP) is 2.75. The number of methoxy groups -OCH3 is 1. The molecule has 1 atom stereocenters. The first-order valence-electron chi connectivity index (χ1n) is 12.0. The largest absolute Gasteiger partial charge is 0.496 e. The fraction of sp³-hybridized carbons (Fsp3) is 0.423. The Morgan fingerprint density at radius 2 is 1.97 bits per heavy atom. The number of rotatable bonds is 11. The van der Waals surface area contributed by atoms with Gasteiger partial charge in [0.05, 0.1) is 44.7 Å². The minimum atomic E-state index is -1.74. The highest BCUT2D eigenvalue weighted by atomic mass is 32.1. The number of nitrogens with zero attached hydrogens (tertiary/aromatic N) is 3. The first-order chi connectivity index (χ1) is 18.4. The predicted molar refractivity (Wildman–Crippen MR) is 141 cm³/mol. The Morgan fingerprint density at radius 3 is 2.56 bits per heavy atom. The van der Waals surface area contributed by atoms with Gasteiger partial charge in [-0.15, -0.1) is 11.3 Å². The van der Waals surface area contributed by atoms with Crippen molar-refractivity contribution in [2.45, 2.75) is 52.3 Å². The van der Waals surface area contributed by atoms with Crippen LogP contribution in [0, 0.1) is 24.1 Å². The van der Waals surface area contributed by atoms with Crippen LogP contribution >= 0.6 is 11.3 Å². The number of aryl methyl sites for hydroxylation is 1. The normalized spacial score (nSPS) is 12.2. The van der Waals surface area contributed by atoms with Crippen LogP contribution in [-0.4, -0.2) is 41.3 Å². The van der Waals surface area contributed by atoms with Crippen molar-refractivity contribution < 1.29 is 28.2 Å². The van der Waals surface area contributed by atoms with Crippen LogP contribution in [0.2, 0.25) is 0 Å². The SMILES string of the molecule is CCOC(=O)c1sc2c(c1C)c(=O)n(C(C)(C)C(N)=O)c(=O)n2C[C@H](OCCC#N)c1cc(F)ccc1OC. The van der Waals surface area contributed by atoms with Crippen molar-refractivity contribution in [3.05, 3.63) is 60.9 Å². The fourth-order valence-electron chi connectivity index (χ4n) is 4.11. The lowest BCUT2D eigenvalue weighted by Crippen LogP contribution is -2.54. The first-order valence-corrected chi connectivity index (χ1v) is 12.8. The smallest absolute Gasteiger partial charge is 0.348 e. The number of aromatic nitrogens is 2. The van der Waals surface area contributed by atoms with Crippen LogP contribution in [0.15, 0.2) is 27.8 Å². The van der Waals surface area contributed by atoms with E-state index in [1.54, 1.807) is 13.8 Å². The summed E-state index contributed by atoms with van der Waals surface area (Å²) in [6.45, 7) is 5.60. The summed E-state index contributed by atoms with van der Waals surface area (Å²) in [4.78, 5) is 52.8. The van der Waals surface area contributed by atoms with Crippen molar-refractivity contribution in [2.75, 3.05) is 20.3 Å². The van der Waals surface area contributed by atoms with Gasteiger partial charge in [0.25, 0.3) is 5.56 Å². The Hall–Kier alpha value is -4.02. The average Bonchev–Trinajstić information content (AvgIpc) is 3.22. The van der Waals surface area contributed by atoms with Gasteiger partial charge in [-0.05, 0) is 51.5 Å². The molecule has 3 rings (SSSR count). The third-order valence-electron chi connectivity index (χ3n) is 6.26. The van der Waals surface area contributed by atoms with Gasteiger partial charge < -0.3 is 19.9 Å². The van der Waals surface area contributed by atoms with E-state index < -0.39 is 40.6 Å². The molecule has 2 aromatic heterocycles. The molecular weight excluding hydrogens is 531 g/mol. The molecule has 2 heterocycles. The van der Waals surface area contributed by atoms with Crippen molar-refractivity contribution in [3.8, 4) is 11.8 Å². The monoisotopic (exact) mass is 560 g/mol. The van der Waals surface area contributed by atoms with Gasteiger partial charge in [0, 0.05) is 5.56 Å². The third-order valence-corrected chi connectivity index (χ3v) is 7.55.